The molecule has 0 saturated carbocycles. The first-order valence-electron chi connectivity index (χ1n) is 9.23. The average Bonchev–Trinajstić information content (AvgIpc) is 3.05. The molecular formula is C20H21F2N5O2. The number of aromatic amines is 1. The molecule has 0 bridgehead atoms. The summed E-state index contributed by atoms with van der Waals surface area (Å²) in [6.07, 6.45) is 2.89. The lowest BCUT2D eigenvalue weighted by Gasteiger charge is -2.07. The zero-order valence-corrected chi connectivity index (χ0v) is 15.9. The maximum atomic E-state index is 14.0. The first-order valence-corrected chi connectivity index (χ1v) is 9.23. The third-order valence-corrected chi connectivity index (χ3v) is 4.31. The van der Waals surface area contributed by atoms with Crippen molar-refractivity contribution < 1.29 is 13.6 Å². The van der Waals surface area contributed by atoms with Crippen molar-refractivity contribution in [3.63, 3.8) is 0 Å². The molecular weight excluding hydrogens is 380 g/mol. The minimum Gasteiger partial charge on any atom is -0.368 e. The van der Waals surface area contributed by atoms with Crippen LogP contribution >= 0.6 is 0 Å². The Morgan fingerprint density at radius 3 is 2.76 bits per heavy atom. The molecule has 0 aliphatic carbocycles. The van der Waals surface area contributed by atoms with E-state index in [4.69, 9.17) is 0 Å². The van der Waals surface area contributed by atoms with E-state index in [2.05, 4.69) is 20.4 Å². The highest BCUT2D eigenvalue weighted by Crippen LogP contribution is 2.16. The molecule has 2 aromatic heterocycles. The van der Waals surface area contributed by atoms with Gasteiger partial charge in [0.1, 0.15) is 17.3 Å². The van der Waals surface area contributed by atoms with Crippen molar-refractivity contribution in [2.75, 3.05) is 11.9 Å². The minimum atomic E-state index is -0.617. The fourth-order valence-electron chi connectivity index (χ4n) is 2.79. The molecule has 0 aliphatic heterocycles. The Kier molecular flexibility index (Phi) is 6.48. The number of aromatic nitrogens is 4. The number of halogens is 2. The fraction of sp³-hybridized carbons (Fsp3) is 0.300. The van der Waals surface area contributed by atoms with Crippen LogP contribution in [0.1, 0.15) is 31.7 Å². The number of Topliss-reactive ketones (excluding diaryl/α,β-unsaturated/α-hetero) is 1. The fourth-order valence-corrected chi connectivity index (χ4v) is 2.79. The van der Waals surface area contributed by atoms with E-state index >= 15 is 0 Å². The molecule has 3 aromatic rings. The topological polar surface area (TPSA) is 92.7 Å². The molecule has 2 N–H and O–H groups in total. The van der Waals surface area contributed by atoms with Crippen LogP contribution < -0.4 is 10.9 Å². The molecule has 9 heteroatoms. The smallest absolute Gasteiger partial charge is 0.267 e. The third kappa shape index (κ3) is 5.34. The van der Waals surface area contributed by atoms with E-state index in [1.165, 1.54) is 23.7 Å². The monoisotopic (exact) mass is 401 g/mol. The molecule has 0 saturated heterocycles. The highest BCUT2D eigenvalue weighted by atomic mass is 19.1. The number of carbonyl (C=O) groups excluding carboxylic acids is 1. The lowest BCUT2D eigenvalue weighted by atomic mass is 10.2. The van der Waals surface area contributed by atoms with Gasteiger partial charge < -0.3 is 10.1 Å². The first-order chi connectivity index (χ1) is 13.9. The molecule has 29 heavy (non-hydrogen) atoms. The zero-order valence-electron chi connectivity index (χ0n) is 15.9. The standard InChI is InChI=1S/C20H21F2N5O2/c1-13(28)6-4-5-9-23-19-16(22)11-24-20(25-19)17-10-18(29)27(26-17)12-14-7-2-3-8-15(14)21/h2-3,7-8,10-11,26H,4-6,9,12H2,1H3,(H,23,24,25). The van der Waals surface area contributed by atoms with Crippen LogP contribution in [0.2, 0.25) is 0 Å². The Balaban J connectivity index is 1.73. The molecule has 1 aromatic carbocycles. The summed E-state index contributed by atoms with van der Waals surface area (Å²) >= 11 is 0. The number of unbranched alkanes of at least 4 members (excludes halogenated alkanes) is 1. The van der Waals surface area contributed by atoms with Crippen molar-refractivity contribution >= 4 is 11.6 Å². The van der Waals surface area contributed by atoms with Crippen molar-refractivity contribution in [2.45, 2.75) is 32.7 Å². The van der Waals surface area contributed by atoms with Crippen molar-refractivity contribution in [3.8, 4) is 11.5 Å². The van der Waals surface area contributed by atoms with Crippen LogP contribution in [-0.4, -0.2) is 32.1 Å². The molecule has 0 amide bonds. The van der Waals surface area contributed by atoms with Gasteiger partial charge in [-0.25, -0.2) is 23.4 Å². The van der Waals surface area contributed by atoms with Gasteiger partial charge in [0.15, 0.2) is 17.5 Å². The number of rotatable bonds is 9. The summed E-state index contributed by atoms with van der Waals surface area (Å²) in [7, 11) is 0. The number of hydrogen-bond acceptors (Lipinski definition) is 5. The molecule has 0 atom stereocenters. The molecule has 0 spiro atoms. The molecule has 0 radical (unpaired) electrons. The Hall–Kier alpha value is -3.36. The number of ketones is 1. The Morgan fingerprint density at radius 1 is 1.21 bits per heavy atom. The van der Waals surface area contributed by atoms with Gasteiger partial charge in [0.25, 0.3) is 5.56 Å². The van der Waals surface area contributed by atoms with E-state index in [0.29, 0.717) is 37.1 Å². The normalized spacial score (nSPS) is 10.9. The first kappa shape index (κ1) is 20.4. The van der Waals surface area contributed by atoms with Gasteiger partial charge in [-0.3, -0.25) is 9.89 Å². The van der Waals surface area contributed by atoms with E-state index in [1.807, 2.05) is 0 Å². The summed E-state index contributed by atoms with van der Waals surface area (Å²) in [6.45, 7) is 2.00. The predicted molar refractivity (Wildman–Crippen MR) is 105 cm³/mol. The average molecular weight is 401 g/mol. The highest BCUT2D eigenvalue weighted by molar-refractivity contribution is 5.75. The summed E-state index contributed by atoms with van der Waals surface area (Å²) in [5, 5.41) is 5.71. The van der Waals surface area contributed by atoms with Gasteiger partial charge >= 0.3 is 0 Å². The second-order valence-corrected chi connectivity index (χ2v) is 6.66. The summed E-state index contributed by atoms with van der Waals surface area (Å²) in [4.78, 5) is 31.2. The van der Waals surface area contributed by atoms with E-state index in [-0.39, 0.29) is 29.5 Å². The maximum absolute atomic E-state index is 14.0. The Labute approximate surface area is 165 Å². The predicted octanol–water partition coefficient (Wildman–Crippen LogP) is 3.13. The lowest BCUT2D eigenvalue weighted by molar-refractivity contribution is -0.117. The van der Waals surface area contributed by atoms with Crippen LogP contribution in [0.4, 0.5) is 14.6 Å². The molecule has 0 fully saturated rings. The minimum absolute atomic E-state index is 0.0144. The van der Waals surface area contributed by atoms with Crippen LogP contribution in [0.15, 0.2) is 41.3 Å². The Bertz CT molecular complexity index is 1060. The van der Waals surface area contributed by atoms with Gasteiger partial charge in [-0.05, 0) is 25.8 Å². The molecule has 7 nitrogen and oxygen atoms in total. The maximum Gasteiger partial charge on any atom is 0.267 e. The van der Waals surface area contributed by atoms with Gasteiger partial charge in [-0.15, -0.1) is 0 Å². The van der Waals surface area contributed by atoms with Gasteiger partial charge in [0, 0.05) is 24.6 Å². The van der Waals surface area contributed by atoms with E-state index in [1.54, 1.807) is 18.2 Å². The van der Waals surface area contributed by atoms with Crippen LogP contribution in [-0.2, 0) is 11.3 Å². The molecule has 0 aliphatic rings. The summed E-state index contributed by atoms with van der Waals surface area (Å²) in [6, 6.07) is 7.45. The molecule has 0 unspecified atom stereocenters. The zero-order chi connectivity index (χ0) is 20.8. The van der Waals surface area contributed by atoms with E-state index in [0.717, 1.165) is 6.20 Å². The van der Waals surface area contributed by atoms with E-state index < -0.39 is 11.6 Å². The third-order valence-electron chi connectivity index (χ3n) is 4.31. The molecule has 152 valence electrons. The van der Waals surface area contributed by atoms with Crippen molar-refractivity contribution in [1.82, 2.24) is 19.7 Å². The number of nitrogens with zero attached hydrogens (tertiary/aromatic N) is 3. The van der Waals surface area contributed by atoms with Crippen molar-refractivity contribution in [2.24, 2.45) is 0 Å². The number of hydrogen-bond donors (Lipinski definition) is 2. The molecule has 2 heterocycles. The summed E-state index contributed by atoms with van der Waals surface area (Å²) in [5.41, 5.74) is 0.275. The van der Waals surface area contributed by atoms with Gasteiger partial charge in [0.2, 0.25) is 0 Å². The van der Waals surface area contributed by atoms with Crippen LogP contribution in [0.25, 0.3) is 11.5 Å². The number of H-pyrrole nitrogens is 1. The summed E-state index contributed by atoms with van der Waals surface area (Å²) < 4.78 is 29.0. The lowest BCUT2D eigenvalue weighted by Crippen LogP contribution is -2.17. The van der Waals surface area contributed by atoms with Gasteiger partial charge in [-0.1, -0.05) is 18.2 Å². The Morgan fingerprint density at radius 2 is 2.00 bits per heavy atom. The second-order valence-electron chi connectivity index (χ2n) is 6.66. The van der Waals surface area contributed by atoms with Crippen molar-refractivity contribution in [3.05, 3.63) is 64.1 Å². The number of benzene rings is 1. The SMILES string of the molecule is CC(=O)CCCCNc1nc(-c2cc(=O)n(Cc3ccccc3F)[nH]2)ncc1F. The largest absolute Gasteiger partial charge is 0.368 e. The van der Waals surface area contributed by atoms with E-state index in [9.17, 15) is 18.4 Å². The van der Waals surface area contributed by atoms with Crippen molar-refractivity contribution in [1.29, 1.82) is 0 Å². The second kappa shape index (κ2) is 9.22. The number of anilines is 1. The van der Waals surface area contributed by atoms with Gasteiger partial charge in [0.05, 0.1) is 12.7 Å². The molecule has 3 rings (SSSR count). The summed E-state index contributed by atoms with van der Waals surface area (Å²) in [5.74, 6) is -0.759. The number of nitrogens with one attached hydrogen (secondary N) is 2. The van der Waals surface area contributed by atoms with Crippen LogP contribution in [0.3, 0.4) is 0 Å². The van der Waals surface area contributed by atoms with Crippen LogP contribution in [0.5, 0.6) is 0 Å². The highest BCUT2D eigenvalue weighted by Gasteiger charge is 2.13. The quantitative estimate of drug-likeness (QED) is 0.538. The van der Waals surface area contributed by atoms with Crippen LogP contribution in [0, 0.1) is 11.6 Å². The van der Waals surface area contributed by atoms with Gasteiger partial charge in [-0.2, -0.15) is 0 Å². The number of carbonyl (C=O) groups is 1.